The van der Waals surface area contributed by atoms with E-state index in [-0.39, 0.29) is 5.75 Å². The Morgan fingerprint density at radius 1 is 0.444 bits per heavy atom. The smallest absolute Gasteiger partial charge is 0.115 e. The van der Waals surface area contributed by atoms with Crippen molar-refractivity contribution in [1.82, 2.24) is 0 Å². The summed E-state index contributed by atoms with van der Waals surface area (Å²) >= 11 is 12.7. The number of phenols is 1. The number of aromatic hydroxyl groups is 1. The van der Waals surface area contributed by atoms with Gasteiger partial charge in [-0.05, 0) is 94.3 Å². The molecule has 3 nitrogen and oxygen atoms in total. The zero-order valence-corrected chi connectivity index (χ0v) is 22.9. The molecule has 2 aromatic carbocycles. The van der Waals surface area contributed by atoms with Gasteiger partial charge in [-0.15, -0.1) is 0 Å². The molecule has 1 N–H and O–H groups in total. The van der Waals surface area contributed by atoms with Crippen LogP contribution in [0.2, 0.25) is 5.02 Å². The molecule has 6 rings (SSSR count). The highest BCUT2D eigenvalue weighted by Crippen LogP contribution is 2.38. The lowest BCUT2D eigenvalue weighted by Gasteiger charge is -2.22. The van der Waals surface area contributed by atoms with Gasteiger partial charge < -0.3 is 14.9 Å². The number of phenolic OH excluding ortho intramolecular Hbond substituents is 1. The van der Waals surface area contributed by atoms with E-state index in [1.165, 1.54) is 11.4 Å². The molecule has 8 heteroatoms. The minimum atomic E-state index is 0.286. The first-order valence-corrected chi connectivity index (χ1v) is 15.1. The standard InChI is InChI=1S/C14H10ClNS2.C14H11NOS2/c15-11-1-3-12(4-2-11)16(13-5-7-17-9-13)14-6-8-18-10-14;16-14-3-1-11(2-4-14)15(12-5-7-17-9-12)13-6-8-18-10-13/h1-10H;1-10,16H. The zero-order valence-electron chi connectivity index (χ0n) is 18.9. The second-order valence-electron chi connectivity index (χ2n) is 7.59. The highest BCUT2D eigenvalue weighted by atomic mass is 35.5. The van der Waals surface area contributed by atoms with E-state index in [0.29, 0.717) is 0 Å². The minimum absolute atomic E-state index is 0.286. The van der Waals surface area contributed by atoms with Crippen molar-refractivity contribution in [3.05, 3.63) is 121 Å². The molecule has 0 atom stereocenters. The molecule has 0 amide bonds. The first kappa shape index (κ1) is 24.6. The Hall–Kier alpha value is -3.07. The van der Waals surface area contributed by atoms with E-state index in [0.717, 1.165) is 27.8 Å². The van der Waals surface area contributed by atoms with Crippen LogP contribution in [-0.2, 0) is 0 Å². The Labute approximate surface area is 231 Å². The van der Waals surface area contributed by atoms with Crippen molar-refractivity contribution in [2.45, 2.75) is 0 Å². The first-order chi connectivity index (χ1) is 17.7. The number of hydrogen-bond acceptors (Lipinski definition) is 7. The average Bonchev–Trinajstić information content (AvgIpc) is 3.72. The van der Waals surface area contributed by atoms with Gasteiger partial charge in [0.1, 0.15) is 5.75 Å². The molecule has 0 aliphatic carbocycles. The predicted octanol–water partition coefficient (Wildman–Crippen LogP) is 10.9. The van der Waals surface area contributed by atoms with Crippen molar-refractivity contribution in [2.24, 2.45) is 0 Å². The predicted molar refractivity (Wildman–Crippen MR) is 160 cm³/mol. The Morgan fingerprint density at radius 2 is 0.778 bits per heavy atom. The molecule has 0 fully saturated rings. The molecule has 0 aliphatic heterocycles. The summed E-state index contributed by atoms with van der Waals surface area (Å²) in [6.45, 7) is 0. The summed E-state index contributed by atoms with van der Waals surface area (Å²) in [7, 11) is 0. The molecule has 0 radical (unpaired) electrons. The molecule has 0 bridgehead atoms. The maximum atomic E-state index is 9.39. The lowest BCUT2D eigenvalue weighted by atomic mass is 10.2. The van der Waals surface area contributed by atoms with Crippen molar-refractivity contribution in [3.8, 4) is 5.75 Å². The number of halogens is 1. The summed E-state index contributed by atoms with van der Waals surface area (Å²) in [5.41, 5.74) is 6.82. The largest absolute Gasteiger partial charge is 0.508 e. The zero-order chi connectivity index (χ0) is 24.7. The topological polar surface area (TPSA) is 26.7 Å². The van der Waals surface area contributed by atoms with Crippen molar-refractivity contribution < 1.29 is 5.11 Å². The molecule has 0 saturated carbocycles. The van der Waals surface area contributed by atoms with Crippen LogP contribution in [0, 0.1) is 0 Å². The molecule has 4 aromatic heterocycles. The van der Waals surface area contributed by atoms with Crippen molar-refractivity contribution in [1.29, 1.82) is 0 Å². The van der Waals surface area contributed by atoms with Gasteiger partial charge in [-0.2, -0.15) is 45.3 Å². The molecular formula is C28H21ClN2OS4. The Bertz CT molecular complexity index is 1250. The van der Waals surface area contributed by atoms with Gasteiger partial charge >= 0.3 is 0 Å². The van der Waals surface area contributed by atoms with Gasteiger partial charge in [-0.1, -0.05) is 11.6 Å². The van der Waals surface area contributed by atoms with Gasteiger partial charge in [-0.25, -0.2) is 0 Å². The van der Waals surface area contributed by atoms with E-state index in [1.807, 2.05) is 36.4 Å². The number of rotatable bonds is 6. The van der Waals surface area contributed by atoms with Crippen LogP contribution >= 0.6 is 56.9 Å². The summed E-state index contributed by atoms with van der Waals surface area (Å²) in [6, 6.07) is 23.6. The second-order valence-corrected chi connectivity index (χ2v) is 11.1. The average molecular weight is 565 g/mol. The highest BCUT2D eigenvalue weighted by Gasteiger charge is 2.13. The number of hydrogen-bond donors (Lipinski definition) is 1. The molecule has 0 saturated heterocycles. The van der Waals surface area contributed by atoms with Gasteiger partial charge in [0.15, 0.2) is 0 Å². The van der Waals surface area contributed by atoms with Gasteiger partial charge in [-0.3, -0.25) is 0 Å². The summed E-state index contributed by atoms with van der Waals surface area (Å²) in [4.78, 5) is 4.40. The van der Waals surface area contributed by atoms with E-state index < -0.39 is 0 Å². The first-order valence-electron chi connectivity index (χ1n) is 10.9. The third-order valence-electron chi connectivity index (χ3n) is 5.25. The Morgan fingerprint density at radius 3 is 1.08 bits per heavy atom. The van der Waals surface area contributed by atoms with Crippen molar-refractivity contribution >= 4 is 91.1 Å². The maximum Gasteiger partial charge on any atom is 0.115 e. The van der Waals surface area contributed by atoms with E-state index in [9.17, 15) is 5.11 Å². The maximum absolute atomic E-state index is 9.39. The van der Waals surface area contributed by atoms with Gasteiger partial charge in [0.25, 0.3) is 0 Å². The van der Waals surface area contributed by atoms with Crippen molar-refractivity contribution in [2.75, 3.05) is 9.80 Å². The monoisotopic (exact) mass is 564 g/mol. The van der Waals surface area contributed by atoms with Crippen LogP contribution in [0.3, 0.4) is 0 Å². The van der Waals surface area contributed by atoms with Crippen LogP contribution in [0.5, 0.6) is 5.75 Å². The Balaban J connectivity index is 0.000000148. The van der Waals surface area contributed by atoms with E-state index in [4.69, 9.17) is 11.6 Å². The third-order valence-corrected chi connectivity index (χ3v) is 8.19. The van der Waals surface area contributed by atoms with Crippen LogP contribution in [0.1, 0.15) is 0 Å². The third kappa shape index (κ3) is 5.83. The Kier molecular flexibility index (Phi) is 8.05. The van der Waals surface area contributed by atoms with E-state index >= 15 is 0 Å². The van der Waals surface area contributed by atoms with Crippen LogP contribution in [0.25, 0.3) is 0 Å². The quantitative estimate of drug-likeness (QED) is 0.218. The van der Waals surface area contributed by atoms with Gasteiger partial charge in [0, 0.05) is 37.9 Å². The van der Waals surface area contributed by atoms with Gasteiger partial charge in [0.05, 0.1) is 22.7 Å². The lowest BCUT2D eigenvalue weighted by molar-refractivity contribution is 0.475. The van der Waals surface area contributed by atoms with Crippen LogP contribution in [0.15, 0.2) is 116 Å². The van der Waals surface area contributed by atoms with Crippen LogP contribution in [-0.4, -0.2) is 5.11 Å². The number of nitrogens with zero attached hydrogens (tertiary/aromatic N) is 2. The molecule has 0 spiro atoms. The SMILES string of the molecule is Clc1ccc(N(c2ccsc2)c2ccsc2)cc1.Oc1ccc(N(c2ccsc2)c2ccsc2)cc1. The molecular weight excluding hydrogens is 544 g/mol. The fourth-order valence-corrected chi connectivity index (χ4v) is 6.23. The molecule has 0 unspecified atom stereocenters. The fraction of sp³-hybridized carbons (Fsp3) is 0. The highest BCUT2D eigenvalue weighted by molar-refractivity contribution is 7.09. The van der Waals surface area contributed by atoms with E-state index in [2.05, 4.69) is 77.1 Å². The van der Waals surface area contributed by atoms with Crippen LogP contribution < -0.4 is 9.80 Å². The molecule has 4 heterocycles. The minimum Gasteiger partial charge on any atom is -0.508 e. The second kappa shape index (κ2) is 11.8. The summed E-state index contributed by atoms with van der Waals surface area (Å²) < 4.78 is 0. The lowest BCUT2D eigenvalue weighted by Crippen LogP contribution is -2.07. The van der Waals surface area contributed by atoms with E-state index in [1.54, 1.807) is 57.5 Å². The fourth-order valence-electron chi connectivity index (χ4n) is 3.62. The number of thiophene rings is 4. The molecule has 180 valence electrons. The van der Waals surface area contributed by atoms with Crippen molar-refractivity contribution in [3.63, 3.8) is 0 Å². The molecule has 36 heavy (non-hydrogen) atoms. The van der Waals surface area contributed by atoms with Crippen LogP contribution in [0.4, 0.5) is 34.1 Å². The molecule has 0 aliphatic rings. The summed E-state index contributed by atoms with van der Waals surface area (Å²) in [5, 5.41) is 27.0. The number of benzene rings is 2. The van der Waals surface area contributed by atoms with Gasteiger partial charge in [0.2, 0.25) is 0 Å². The summed E-state index contributed by atoms with van der Waals surface area (Å²) in [6.07, 6.45) is 0. The number of anilines is 6. The molecule has 6 aromatic rings. The summed E-state index contributed by atoms with van der Waals surface area (Å²) in [5.74, 6) is 0.286. The normalized spacial score (nSPS) is 10.5.